The number of hydrogen-bond donors (Lipinski definition) is 0. The number of benzene rings is 2. The summed E-state index contributed by atoms with van der Waals surface area (Å²) < 4.78 is 5.35. The van der Waals surface area contributed by atoms with Crippen molar-refractivity contribution in [3.8, 4) is 5.75 Å². The van der Waals surface area contributed by atoms with Gasteiger partial charge in [-0.25, -0.2) is 0 Å². The summed E-state index contributed by atoms with van der Waals surface area (Å²) in [6, 6.07) is 13.0. The molecular weight excluding hydrogens is 364 g/mol. The Morgan fingerprint density at radius 1 is 1.22 bits per heavy atom. The van der Waals surface area contributed by atoms with E-state index >= 15 is 0 Å². The Morgan fingerprint density at radius 3 is 2.67 bits per heavy atom. The third kappa shape index (κ3) is 2.86. The molecule has 0 bridgehead atoms. The lowest BCUT2D eigenvalue weighted by atomic mass is 9.81. The molecule has 0 unspecified atom stereocenters. The molecule has 2 aromatic carbocycles. The molecule has 2 aliphatic rings. The van der Waals surface area contributed by atoms with Gasteiger partial charge in [-0.1, -0.05) is 23.7 Å². The van der Waals surface area contributed by atoms with Gasteiger partial charge in [0, 0.05) is 30.8 Å². The van der Waals surface area contributed by atoms with Crippen LogP contribution in [0, 0.1) is 0 Å². The van der Waals surface area contributed by atoms with E-state index in [1.807, 2.05) is 30.3 Å². The number of carbonyl (C=O) groups is 2. The maximum Gasteiger partial charge on any atom is 0.239 e. The molecule has 140 valence electrons. The third-order valence-electron chi connectivity index (χ3n) is 5.69. The number of nitrogens with zero attached hydrogens (tertiary/aromatic N) is 2. The van der Waals surface area contributed by atoms with Gasteiger partial charge in [0.2, 0.25) is 11.8 Å². The number of ether oxygens (including phenoxy) is 1. The van der Waals surface area contributed by atoms with Crippen LogP contribution in [-0.2, 0) is 21.4 Å². The van der Waals surface area contributed by atoms with Gasteiger partial charge in [0.1, 0.15) is 5.75 Å². The molecular formula is C21H21ClN2O3. The number of hydrogen-bond acceptors (Lipinski definition) is 3. The van der Waals surface area contributed by atoms with Gasteiger partial charge in [-0.2, -0.15) is 0 Å². The highest BCUT2D eigenvalue weighted by Crippen LogP contribution is 2.48. The van der Waals surface area contributed by atoms with E-state index in [2.05, 4.69) is 0 Å². The lowest BCUT2D eigenvalue weighted by molar-refractivity contribution is -0.130. The largest absolute Gasteiger partial charge is 0.497 e. The molecule has 0 radical (unpaired) electrons. The van der Waals surface area contributed by atoms with Crippen LogP contribution in [-0.4, -0.2) is 44.0 Å². The molecule has 0 saturated carbocycles. The Balaban J connectivity index is 1.59. The van der Waals surface area contributed by atoms with Crippen LogP contribution in [0.1, 0.15) is 17.5 Å². The summed E-state index contributed by atoms with van der Waals surface area (Å²) in [5, 5.41) is 0.650. The highest BCUT2D eigenvalue weighted by atomic mass is 35.5. The average molecular weight is 385 g/mol. The fourth-order valence-electron chi connectivity index (χ4n) is 4.17. The second kappa shape index (κ2) is 6.57. The average Bonchev–Trinajstić information content (AvgIpc) is 3.21. The first-order chi connectivity index (χ1) is 12.9. The monoisotopic (exact) mass is 384 g/mol. The van der Waals surface area contributed by atoms with Crippen molar-refractivity contribution in [3.63, 3.8) is 0 Å². The molecule has 5 nitrogen and oxygen atoms in total. The van der Waals surface area contributed by atoms with Crippen molar-refractivity contribution in [1.82, 2.24) is 4.90 Å². The second-order valence-electron chi connectivity index (χ2n) is 7.20. The lowest BCUT2D eigenvalue weighted by Gasteiger charge is -2.23. The van der Waals surface area contributed by atoms with E-state index in [4.69, 9.17) is 16.3 Å². The summed E-state index contributed by atoms with van der Waals surface area (Å²) in [7, 11) is 3.41. The van der Waals surface area contributed by atoms with Gasteiger partial charge < -0.3 is 14.5 Å². The fourth-order valence-corrected chi connectivity index (χ4v) is 4.30. The van der Waals surface area contributed by atoms with Crippen molar-refractivity contribution in [1.29, 1.82) is 0 Å². The number of rotatable bonds is 3. The second-order valence-corrected chi connectivity index (χ2v) is 7.63. The van der Waals surface area contributed by atoms with E-state index in [0.717, 1.165) is 22.6 Å². The zero-order valence-corrected chi connectivity index (χ0v) is 16.1. The predicted octanol–water partition coefficient (Wildman–Crippen LogP) is 3.04. The third-order valence-corrected chi connectivity index (χ3v) is 5.94. The van der Waals surface area contributed by atoms with Crippen LogP contribution in [0.25, 0.3) is 0 Å². The van der Waals surface area contributed by atoms with Crippen LogP contribution in [0.2, 0.25) is 5.02 Å². The topological polar surface area (TPSA) is 49.9 Å². The van der Waals surface area contributed by atoms with Crippen LogP contribution in [0.4, 0.5) is 5.69 Å². The normalized spacial score (nSPS) is 21.1. The van der Waals surface area contributed by atoms with E-state index < -0.39 is 5.41 Å². The highest BCUT2D eigenvalue weighted by Gasteiger charge is 2.54. The minimum absolute atomic E-state index is 0.0287. The van der Waals surface area contributed by atoms with Crippen molar-refractivity contribution >= 4 is 29.1 Å². The van der Waals surface area contributed by atoms with Gasteiger partial charge in [0.25, 0.3) is 0 Å². The molecule has 2 amide bonds. The van der Waals surface area contributed by atoms with Gasteiger partial charge in [0.15, 0.2) is 0 Å². The first-order valence-electron chi connectivity index (χ1n) is 8.93. The molecule has 2 aromatic rings. The molecule has 1 saturated heterocycles. The SMILES string of the molecule is COc1ccc2c(c1)[C@]1(CCN(C(=O)Cc3ccc(Cl)cc3)C1)C(=O)N2C. The van der Waals surface area contributed by atoms with Gasteiger partial charge in [-0.3, -0.25) is 9.59 Å². The van der Waals surface area contributed by atoms with Crippen molar-refractivity contribution in [2.75, 3.05) is 32.1 Å². The van der Waals surface area contributed by atoms with E-state index in [9.17, 15) is 9.59 Å². The van der Waals surface area contributed by atoms with Gasteiger partial charge >= 0.3 is 0 Å². The van der Waals surface area contributed by atoms with E-state index in [1.54, 1.807) is 36.1 Å². The maximum atomic E-state index is 13.1. The van der Waals surface area contributed by atoms with E-state index in [1.165, 1.54) is 0 Å². The molecule has 6 heteroatoms. The molecule has 27 heavy (non-hydrogen) atoms. The number of fused-ring (bicyclic) bond motifs is 2. The summed E-state index contributed by atoms with van der Waals surface area (Å²) in [4.78, 5) is 29.4. The molecule has 0 aromatic heterocycles. The summed E-state index contributed by atoms with van der Waals surface area (Å²) in [6.07, 6.45) is 0.935. The molecule has 4 rings (SSSR count). The number of halogens is 1. The standard InChI is InChI=1S/C21H21ClN2O3/c1-23-18-8-7-16(27-2)12-17(18)21(20(23)26)9-10-24(13-21)19(25)11-14-3-5-15(22)6-4-14/h3-8,12H,9-11,13H2,1-2H3/t21-/m1/s1. The fraction of sp³-hybridized carbons (Fsp3) is 0.333. The van der Waals surface area contributed by atoms with Crippen molar-refractivity contribution in [2.24, 2.45) is 0 Å². The number of amides is 2. The molecule has 1 fully saturated rings. The van der Waals surface area contributed by atoms with Crippen molar-refractivity contribution < 1.29 is 14.3 Å². The molecule has 2 aliphatic heterocycles. The Hall–Kier alpha value is -2.53. The van der Waals surface area contributed by atoms with Crippen molar-refractivity contribution in [3.05, 3.63) is 58.6 Å². The minimum Gasteiger partial charge on any atom is -0.497 e. The quantitative estimate of drug-likeness (QED) is 0.817. The first-order valence-corrected chi connectivity index (χ1v) is 9.31. The predicted molar refractivity (Wildman–Crippen MR) is 104 cm³/mol. The number of methoxy groups -OCH3 is 1. The molecule has 1 atom stereocenters. The van der Waals surface area contributed by atoms with E-state index in [0.29, 0.717) is 31.0 Å². The molecule has 0 aliphatic carbocycles. The van der Waals surface area contributed by atoms with Crippen LogP contribution in [0.5, 0.6) is 5.75 Å². The van der Waals surface area contributed by atoms with Crippen LogP contribution in [0.15, 0.2) is 42.5 Å². The van der Waals surface area contributed by atoms with Gasteiger partial charge in [0.05, 0.1) is 18.9 Å². The zero-order chi connectivity index (χ0) is 19.2. The Bertz CT molecular complexity index is 912. The smallest absolute Gasteiger partial charge is 0.239 e. The number of carbonyl (C=O) groups excluding carboxylic acids is 2. The molecule has 2 heterocycles. The summed E-state index contributed by atoms with van der Waals surface area (Å²) in [5.41, 5.74) is 2.10. The minimum atomic E-state index is -0.672. The molecule has 1 spiro atoms. The summed E-state index contributed by atoms with van der Waals surface area (Å²) in [6.45, 7) is 0.978. The Kier molecular flexibility index (Phi) is 4.35. The zero-order valence-electron chi connectivity index (χ0n) is 15.4. The number of anilines is 1. The summed E-state index contributed by atoms with van der Waals surface area (Å²) in [5.74, 6) is 0.802. The maximum absolute atomic E-state index is 13.1. The van der Waals surface area contributed by atoms with Gasteiger partial charge in [-0.15, -0.1) is 0 Å². The number of likely N-dealkylation sites (tertiary alicyclic amines) is 1. The highest BCUT2D eigenvalue weighted by molar-refractivity contribution is 6.30. The Labute approximate surface area is 163 Å². The Morgan fingerprint density at radius 2 is 1.96 bits per heavy atom. The van der Waals surface area contributed by atoms with Gasteiger partial charge in [-0.05, 0) is 47.9 Å². The van der Waals surface area contributed by atoms with E-state index in [-0.39, 0.29) is 11.8 Å². The molecule has 0 N–H and O–H groups in total. The first kappa shape index (κ1) is 17.9. The summed E-state index contributed by atoms with van der Waals surface area (Å²) >= 11 is 5.91. The van der Waals surface area contributed by atoms with Crippen molar-refractivity contribution in [2.45, 2.75) is 18.3 Å². The van der Waals surface area contributed by atoms with Crippen LogP contribution >= 0.6 is 11.6 Å². The van der Waals surface area contributed by atoms with Crippen LogP contribution in [0.3, 0.4) is 0 Å². The van der Waals surface area contributed by atoms with Crippen LogP contribution < -0.4 is 9.64 Å². The number of likely N-dealkylation sites (N-methyl/N-ethyl adjacent to an activating group) is 1. The lowest BCUT2D eigenvalue weighted by Crippen LogP contribution is -2.42.